The monoisotopic (exact) mass is 261 g/mol. The lowest BCUT2D eigenvalue weighted by molar-refractivity contribution is -0.141. The van der Waals surface area contributed by atoms with Crippen LogP contribution in [0.25, 0.3) is 0 Å². The van der Waals surface area contributed by atoms with Crippen molar-refractivity contribution in [2.24, 2.45) is 0 Å². The summed E-state index contributed by atoms with van der Waals surface area (Å²) in [4.78, 5) is 29.4. The summed E-state index contributed by atoms with van der Waals surface area (Å²) in [6.07, 6.45) is 4.50. The van der Waals surface area contributed by atoms with E-state index in [2.05, 4.69) is 10.3 Å². The van der Waals surface area contributed by atoms with Crippen LogP contribution in [0.2, 0.25) is 0 Å². The fraction of sp³-hybridized carbons (Fsp3) is 0.500. The second kappa shape index (κ2) is 5.93. The van der Waals surface area contributed by atoms with Crippen molar-refractivity contribution in [3.63, 3.8) is 0 Å². The molecule has 1 aliphatic rings. The molecule has 2 rings (SSSR count). The molecular formula is C14H19N3O2. The second-order valence-electron chi connectivity index (χ2n) is 4.86. The van der Waals surface area contributed by atoms with Crippen LogP contribution in [0.3, 0.4) is 0 Å². The fourth-order valence-electron chi connectivity index (χ4n) is 2.20. The van der Waals surface area contributed by atoms with Gasteiger partial charge in [0.1, 0.15) is 0 Å². The molecule has 102 valence electrons. The number of pyridine rings is 1. The first-order valence-electron chi connectivity index (χ1n) is 6.61. The number of hydrogen-bond donors (Lipinski definition) is 1. The number of carbonyl (C=O) groups excluding carboxylic acids is 2. The summed E-state index contributed by atoms with van der Waals surface area (Å²) in [6.45, 7) is 4.42. The number of hydrogen-bond acceptors (Lipinski definition) is 4. The Morgan fingerprint density at radius 1 is 1.53 bits per heavy atom. The standard InChI is InChI=1S/C14H19N3O2/c1-3-10(2)17-13(18)7-12(14(17)19)16-9-11-5-4-6-15-8-11/h4-6,8,10,12,16H,3,7,9H2,1-2H3. The predicted molar refractivity (Wildman–Crippen MR) is 71.1 cm³/mol. The van der Waals surface area contributed by atoms with Crippen molar-refractivity contribution in [1.82, 2.24) is 15.2 Å². The molecule has 2 amide bonds. The van der Waals surface area contributed by atoms with Gasteiger partial charge in [-0.2, -0.15) is 0 Å². The number of likely N-dealkylation sites (tertiary alicyclic amines) is 1. The third kappa shape index (κ3) is 2.98. The van der Waals surface area contributed by atoms with Crippen LogP contribution in [0.1, 0.15) is 32.3 Å². The van der Waals surface area contributed by atoms with E-state index in [-0.39, 0.29) is 24.3 Å². The lowest BCUT2D eigenvalue weighted by atomic mass is 10.2. The van der Waals surface area contributed by atoms with Crippen LogP contribution >= 0.6 is 0 Å². The fourth-order valence-corrected chi connectivity index (χ4v) is 2.20. The van der Waals surface area contributed by atoms with Crippen molar-refractivity contribution in [2.75, 3.05) is 0 Å². The maximum Gasteiger partial charge on any atom is 0.247 e. The Bertz CT molecular complexity index is 461. The largest absolute Gasteiger partial charge is 0.301 e. The number of nitrogens with one attached hydrogen (secondary N) is 1. The highest BCUT2D eigenvalue weighted by atomic mass is 16.2. The van der Waals surface area contributed by atoms with E-state index in [4.69, 9.17) is 0 Å². The number of aromatic nitrogens is 1. The first-order chi connectivity index (χ1) is 9.13. The molecule has 2 unspecified atom stereocenters. The van der Waals surface area contributed by atoms with Crippen molar-refractivity contribution in [1.29, 1.82) is 0 Å². The van der Waals surface area contributed by atoms with Crippen LogP contribution in [0.4, 0.5) is 0 Å². The minimum Gasteiger partial charge on any atom is -0.301 e. The molecule has 0 bridgehead atoms. The van der Waals surface area contributed by atoms with Gasteiger partial charge in [0.2, 0.25) is 11.8 Å². The average Bonchev–Trinajstić information content (AvgIpc) is 2.71. The van der Waals surface area contributed by atoms with E-state index in [0.29, 0.717) is 6.54 Å². The average molecular weight is 261 g/mol. The van der Waals surface area contributed by atoms with Crippen molar-refractivity contribution < 1.29 is 9.59 Å². The summed E-state index contributed by atoms with van der Waals surface area (Å²) < 4.78 is 0. The van der Waals surface area contributed by atoms with Crippen LogP contribution in [0.5, 0.6) is 0 Å². The van der Waals surface area contributed by atoms with Gasteiger partial charge in [0.05, 0.1) is 12.5 Å². The molecule has 1 aromatic heterocycles. The third-order valence-electron chi connectivity index (χ3n) is 3.49. The lowest BCUT2D eigenvalue weighted by Gasteiger charge is -2.21. The molecule has 2 atom stereocenters. The third-order valence-corrected chi connectivity index (χ3v) is 3.49. The van der Waals surface area contributed by atoms with E-state index >= 15 is 0 Å². The van der Waals surface area contributed by atoms with Crippen LogP contribution in [0.15, 0.2) is 24.5 Å². The normalized spacial score (nSPS) is 20.9. The van der Waals surface area contributed by atoms with E-state index < -0.39 is 6.04 Å². The van der Waals surface area contributed by atoms with Gasteiger partial charge in [-0.3, -0.25) is 19.5 Å². The molecular weight excluding hydrogens is 242 g/mol. The van der Waals surface area contributed by atoms with E-state index in [9.17, 15) is 9.59 Å². The Hall–Kier alpha value is -1.75. The first-order valence-corrected chi connectivity index (χ1v) is 6.61. The zero-order chi connectivity index (χ0) is 13.8. The molecule has 1 fully saturated rings. The minimum atomic E-state index is -0.401. The molecule has 19 heavy (non-hydrogen) atoms. The molecule has 0 saturated carbocycles. The molecule has 0 radical (unpaired) electrons. The number of nitrogens with zero attached hydrogens (tertiary/aromatic N) is 2. The molecule has 2 heterocycles. The maximum absolute atomic E-state index is 12.2. The molecule has 5 heteroatoms. The highest BCUT2D eigenvalue weighted by molar-refractivity contribution is 6.05. The summed E-state index contributed by atoms with van der Waals surface area (Å²) in [5.74, 6) is -0.189. The first kappa shape index (κ1) is 13.7. The van der Waals surface area contributed by atoms with Crippen LogP contribution in [-0.4, -0.2) is 33.8 Å². The summed E-state index contributed by atoms with van der Waals surface area (Å²) >= 11 is 0. The van der Waals surface area contributed by atoms with Gasteiger partial charge in [0.15, 0.2) is 0 Å². The molecule has 1 aromatic rings. The molecule has 0 aliphatic carbocycles. The highest BCUT2D eigenvalue weighted by Crippen LogP contribution is 2.18. The zero-order valence-corrected chi connectivity index (χ0v) is 11.3. The lowest BCUT2D eigenvalue weighted by Crippen LogP contribution is -2.42. The number of imide groups is 1. The molecule has 5 nitrogen and oxygen atoms in total. The summed E-state index contributed by atoms with van der Waals surface area (Å²) in [5.41, 5.74) is 1.00. The van der Waals surface area contributed by atoms with Crippen molar-refractivity contribution in [3.05, 3.63) is 30.1 Å². The predicted octanol–water partition coefficient (Wildman–Crippen LogP) is 1.10. The van der Waals surface area contributed by atoms with E-state index in [1.807, 2.05) is 26.0 Å². The smallest absolute Gasteiger partial charge is 0.247 e. The Kier molecular flexibility index (Phi) is 4.27. The van der Waals surface area contributed by atoms with Crippen LogP contribution < -0.4 is 5.32 Å². The van der Waals surface area contributed by atoms with Gasteiger partial charge in [0, 0.05) is 25.0 Å². The quantitative estimate of drug-likeness (QED) is 0.806. The number of amides is 2. The van der Waals surface area contributed by atoms with Crippen molar-refractivity contribution in [2.45, 2.75) is 45.3 Å². The molecule has 1 aliphatic heterocycles. The van der Waals surface area contributed by atoms with Gasteiger partial charge in [-0.05, 0) is 25.0 Å². The van der Waals surface area contributed by atoms with Crippen LogP contribution in [-0.2, 0) is 16.1 Å². The van der Waals surface area contributed by atoms with E-state index in [1.54, 1.807) is 12.4 Å². The summed E-state index contributed by atoms with van der Waals surface area (Å²) in [6, 6.07) is 3.37. The SMILES string of the molecule is CCC(C)N1C(=O)CC(NCc2cccnc2)C1=O. The van der Waals surface area contributed by atoms with Gasteiger partial charge in [-0.1, -0.05) is 13.0 Å². The van der Waals surface area contributed by atoms with Gasteiger partial charge in [-0.15, -0.1) is 0 Å². The van der Waals surface area contributed by atoms with Gasteiger partial charge >= 0.3 is 0 Å². The topological polar surface area (TPSA) is 62.3 Å². The Morgan fingerprint density at radius 2 is 2.32 bits per heavy atom. The highest BCUT2D eigenvalue weighted by Gasteiger charge is 2.40. The maximum atomic E-state index is 12.2. The van der Waals surface area contributed by atoms with Gasteiger partial charge in [0.25, 0.3) is 0 Å². The molecule has 1 N–H and O–H groups in total. The van der Waals surface area contributed by atoms with Crippen LogP contribution in [0, 0.1) is 0 Å². The van der Waals surface area contributed by atoms with Crippen molar-refractivity contribution in [3.8, 4) is 0 Å². The van der Waals surface area contributed by atoms with Gasteiger partial charge < -0.3 is 5.32 Å². The number of carbonyl (C=O) groups is 2. The summed E-state index contributed by atoms with van der Waals surface area (Å²) in [7, 11) is 0. The minimum absolute atomic E-state index is 0.0230. The molecule has 1 saturated heterocycles. The molecule has 0 spiro atoms. The second-order valence-corrected chi connectivity index (χ2v) is 4.86. The number of rotatable bonds is 5. The Balaban J connectivity index is 1.96. The van der Waals surface area contributed by atoms with Crippen molar-refractivity contribution >= 4 is 11.8 Å². The summed E-state index contributed by atoms with van der Waals surface area (Å²) in [5, 5.41) is 3.13. The van der Waals surface area contributed by atoms with E-state index in [0.717, 1.165) is 12.0 Å². The molecule has 0 aromatic carbocycles. The zero-order valence-electron chi connectivity index (χ0n) is 11.3. The Morgan fingerprint density at radius 3 is 2.95 bits per heavy atom. The van der Waals surface area contributed by atoms with Gasteiger partial charge in [-0.25, -0.2) is 0 Å². The van der Waals surface area contributed by atoms with E-state index in [1.165, 1.54) is 4.90 Å². The Labute approximate surface area is 113 Å².